The van der Waals surface area contributed by atoms with Crippen molar-refractivity contribution < 1.29 is 0 Å². The smallest absolute Gasteiger partial charge is 0.0171 e. The molecular weight excluding hydrogens is 344 g/mol. The Hall–Kier alpha value is 1.40. The van der Waals surface area contributed by atoms with Crippen LogP contribution in [0.15, 0.2) is 0 Å². The minimum atomic E-state index is 0.757. The lowest BCUT2D eigenvalue weighted by Crippen LogP contribution is -2.08. The molecular formula is C18H40S4. The van der Waals surface area contributed by atoms with Crippen LogP contribution in [0.3, 0.4) is 0 Å². The van der Waals surface area contributed by atoms with E-state index in [1.165, 1.54) is 12.8 Å². The maximum Gasteiger partial charge on any atom is 0.0171 e. The van der Waals surface area contributed by atoms with Crippen LogP contribution in [0, 0.1) is 11.8 Å². The predicted molar refractivity (Wildman–Crippen MR) is 118 cm³/mol. The number of rotatable bonds is 10. The summed E-state index contributed by atoms with van der Waals surface area (Å²) in [6.07, 6.45) is 2.59. The van der Waals surface area contributed by atoms with Crippen molar-refractivity contribution in [1.29, 1.82) is 0 Å². The summed E-state index contributed by atoms with van der Waals surface area (Å²) in [5.41, 5.74) is 0. The Morgan fingerprint density at radius 1 is 0.500 bits per heavy atom. The summed E-state index contributed by atoms with van der Waals surface area (Å²) in [5, 5.41) is 3.19. The standard InChI is InChI=1S/2C9H20S2/c2*1-6-9(7(2)3)11-10-8(4)5/h2*7-9H,6H2,1-5H3/t2*9-/m10/s1. The second kappa shape index (κ2) is 15.9. The molecule has 4 heteroatoms. The van der Waals surface area contributed by atoms with Gasteiger partial charge in [0.05, 0.1) is 0 Å². The van der Waals surface area contributed by atoms with E-state index in [0.29, 0.717) is 0 Å². The van der Waals surface area contributed by atoms with Gasteiger partial charge in [-0.25, -0.2) is 0 Å². The summed E-state index contributed by atoms with van der Waals surface area (Å²) in [6, 6.07) is 0. The second-order valence-electron chi connectivity index (χ2n) is 6.86. The van der Waals surface area contributed by atoms with E-state index in [1.54, 1.807) is 0 Å². The lowest BCUT2D eigenvalue weighted by Gasteiger charge is -2.18. The largest absolute Gasteiger partial charge is 0.0910 e. The third-order valence-electron chi connectivity index (χ3n) is 3.04. The van der Waals surface area contributed by atoms with Gasteiger partial charge in [0.25, 0.3) is 0 Å². The van der Waals surface area contributed by atoms with Crippen molar-refractivity contribution in [2.45, 2.75) is 103 Å². The predicted octanol–water partition coefficient (Wildman–Crippen LogP) is 8.42. The highest BCUT2D eigenvalue weighted by Crippen LogP contribution is 2.36. The third kappa shape index (κ3) is 16.3. The number of hydrogen-bond donors (Lipinski definition) is 0. The Bertz CT molecular complexity index is 203. The zero-order valence-electron chi connectivity index (χ0n) is 16.5. The van der Waals surface area contributed by atoms with E-state index in [1.807, 2.05) is 21.6 Å². The molecule has 0 rings (SSSR count). The molecule has 0 amide bonds. The molecule has 0 saturated heterocycles. The summed E-state index contributed by atoms with van der Waals surface area (Å²) in [6.45, 7) is 22.8. The van der Waals surface area contributed by atoms with Gasteiger partial charge in [-0.05, 0) is 24.7 Å². The summed E-state index contributed by atoms with van der Waals surface area (Å²) in [7, 11) is 8.13. The highest BCUT2D eigenvalue weighted by Gasteiger charge is 2.12. The Labute approximate surface area is 157 Å². The van der Waals surface area contributed by atoms with Crippen molar-refractivity contribution in [2.24, 2.45) is 11.8 Å². The maximum absolute atomic E-state index is 2.31. The average Bonchev–Trinajstić information content (AvgIpc) is 2.39. The molecule has 0 nitrogen and oxygen atoms in total. The summed E-state index contributed by atoms with van der Waals surface area (Å²) in [4.78, 5) is 0. The van der Waals surface area contributed by atoms with Crippen LogP contribution in [-0.4, -0.2) is 21.0 Å². The topological polar surface area (TPSA) is 0 Å². The first-order valence-electron chi connectivity index (χ1n) is 8.79. The van der Waals surface area contributed by atoms with Crippen LogP contribution in [0.4, 0.5) is 0 Å². The number of hydrogen-bond acceptors (Lipinski definition) is 4. The summed E-state index contributed by atoms with van der Waals surface area (Å²) >= 11 is 0. The molecule has 22 heavy (non-hydrogen) atoms. The highest BCUT2D eigenvalue weighted by atomic mass is 33.1. The van der Waals surface area contributed by atoms with Crippen molar-refractivity contribution in [2.75, 3.05) is 0 Å². The van der Waals surface area contributed by atoms with Gasteiger partial charge in [-0.15, -0.1) is 0 Å². The first-order chi connectivity index (χ1) is 10.1. The van der Waals surface area contributed by atoms with Crippen LogP contribution >= 0.6 is 43.2 Å². The Balaban J connectivity index is 0. The van der Waals surface area contributed by atoms with Crippen molar-refractivity contribution in [3.05, 3.63) is 0 Å². The molecule has 0 fully saturated rings. The van der Waals surface area contributed by atoms with Crippen LogP contribution in [-0.2, 0) is 0 Å². The van der Waals surface area contributed by atoms with E-state index in [9.17, 15) is 0 Å². The molecule has 0 saturated carbocycles. The molecule has 0 aliphatic heterocycles. The maximum atomic E-state index is 2.31. The van der Waals surface area contributed by atoms with Gasteiger partial charge in [0, 0.05) is 21.0 Å². The van der Waals surface area contributed by atoms with Crippen LogP contribution in [0.25, 0.3) is 0 Å². The van der Waals surface area contributed by atoms with Gasteiger partial charge in [-0.1, -0.05) is 112 Å². The molecule has 0 aliphatic rings. The van der Waals surface area contributed by atoms with E-state index >= 15 is 0 Å². The van der Waals surface area contributed by atoms with Gasteiger partial charge in [-0.3, -0.25) is 0 Å². The van der Waals surface area contributed by atoms with Crippen LogP contribution < -0.4 is 0 Å². The van der Waals surface area contributed by atoms with E-state index in [0.717, 1.165) is 32.8 Å². The normalized spacial score (nSPS) is 14.5. The van der Waals surface area contributed by atoms with Gasteiger partial charge in [0.1, 0.15) is 0 Å². The van der Waals surface area contributed by atoms with Crippen LogP contribution in [0.5, 0.6) is 0 Å². The van der Waals surface area contributed by atoms with Crippen molar-refractivity contribution in [3.8, 4) is 0 Å². The van der Waals surface area contributed by atoms with Gasteiger partial charge in [0.15, 0.2) is 0 Å². The molecule has 0 spiro atoms. The van der Waals surface area contributed by atoms with E-state index in [2.05, 4.69) is 90.8 Å². The van der Waals surface area contributed by atoms with Crippen LogP contribution in [0.1, 0.15) is 82.1 Å². The Kier molecular flexibility index (Phi) is 18.5. The zero-order chi connectivity index (χ0) is 17.7. The fraction of sp³-hybridized carbons (Fsp3) is 1.00. The van der Waals surface area contributed by atoms with E-state index < -0.39 is 0 Å². The average molecular weight is 385 g/mol. The van der Waals surface area contributed by atoms with E-state index in [-0.39, 0.29) is 0 Å². The van der Waals surface area contributed by atoms with Gasteiger partial charge < -0.3 is 0 Å². The minimum absolute atomic E-state index is 0.757. The molecule has 0 aliphatic carbocycles. The minimum Gasteiger partial charge on any atom is -0.0910 e. The molecule has 136 valence electrons. The monoisotopic (exact) mass is 384 g/mol. The fourth-order valence-corrected chi connectivity index (χ4v) is 7.45. The molecule has 0 heterocycles. The SMILES string of the molecule is CC[C@@H](SSC(C)C)C(C)C.CC[C@H](SSC(C)C)C(C)C. The van der Waals surface area contributed by atoms with Crippen molar-refractivity contribution in [1.82, 2.24) is 0 Å². The fourth-order valence-electron chi connectivity index (χ4n) is 1.67. The van der Waals surface area contributed by atoms with E-state index in [4.69, 9.17) is 0 Å². The quantitative estimate of drug-likeness (QED) is 0.346. The first-order valence-corrected chi connectivity index (χ1v) is 13.3. The summed E-state index contributed by atoms with van der Waals surface area (Å²) < 4.78 is 0. The lowest BCUT2D eigenvalue weighted by molar-refractivity contribution is 0.596. The Morgan fingerprint density at radius 3 is 0.909 bits per heavy atom. The molecule has 2 atom stereocenters. The zero-order valence-corrected chi connectivity index (χ0v) is 19.8. The highest BCUT2D eigenvalue weighted by molar-refractivity contribution is 8.77. The van der Waals surface area contributed by atoms with Gasteiger partial charge >= 0.3 is 0 Å². The molecule has 0 unspecified atom stereocenters. The first kappa shape index (κ1) is 25.6. The van der Waals surface area contributed by atoms with Gasteiger partial charge in [-0.2, -0.15) is 0 Å². The molecule has 0 bridgehead atoms. The molecule has 0 aromatic carbocycles. The molecule has 0 radical (unpaired) electrons. The molecule has 0 N–H and O–H groups in total. The van der Waals surface area contributed by atoms with Gasteiger partial charge in [0.2, 0.25) is 0 Å². The lowest BCUT2D eigenvalue weighted by atomic mass is 10.1. The second-order valence-corrected chi connectivity index (χ2v) is 13.0. The Morgan fingerprint density at radius 2 is 0.773 bits per heavy atom. The van der Waals surface area contributed by atoms with Crippen LogP contribution in [0.2, 0.25) is 0 Å². The molecule has 0 aromatic rings. The molecule has 0 aromatic heterocycles. The summed E-state index contributed by atoms with van der Waals surface area (Å²) in [5.74, 6) is 1.63. The third-order valence-corrected chi connectivity index (χ3v) is 10.7. The van der Waals surface area contributed by atoms with Crippen molar-refractivity contribution in [3.63, 3.8) is 0 Å². The van der Waals surface area contributed by atoms with Crippen molar-refractivity contribution >= 4 is 43.2 Å².